The molecule has 2 aromatic carbocycles. The van der Waals surface area contributed by atoms with Gasteiger partial charge in [-0.25, -0.2) is 8.42 Å². The Morgan fingerprint density at radius 2 is 1.94 bits per heavy atom. The topological polar surface area (TPSA) is 88.9 Å². The number of methoxy groups -OCH3 is 1. The molecular formula is C23H24N2O5S. The Morgan fingerprint density at radius 1 is 1.13 bits per heavy atom. The van der Waals surface area contributed by atoms with Crippen LogP contribution in [0.5, 0.6) is 5.75 Å². The van der Waals surface area contributed by atoms with Gasteiger partial charge in [0, 0.05) is 17.9 Å². The highest BCUT2D eigenvalue weighted by Gasteiger charge is 2.26. The molecule has 1 amide bonds. The molecule has 2 heterocycles. The Hall–Kier alpha value is -3.26. The Morgan fingerprint density at radius 3 is 2.65 bits per heavy atom. The van der Waals surface area contributed by atoms with Gasteiger partial charge >= 0.3 is 0 Å². The predicted molar refractivity (Wildman–Crippen MR) is 118 cm³/mol. The van der Waals surface area contributed by atoms with Gasteiger partial charge in [0.2, 0.25) is 0 Å². The zero-order valence-electron chi connectivity index (χ0n) is 17.6. The maximum absolute atomic E-state index is 13.0. The Kier molecular flexibility index (Phi) is 5.49. The van der Waals surface area contributed by atoms with E-state index in [1.54, 1.807) is 68.3 Å². The van der Waals surface area contributed by atoms with Crippen LogP contribution in [-0.4, -0.2) is 28.0 Å². The minimum Gasteiger partial charge on any atom is -0.496 e. The maximum Gasteiger partial charge on any atom is 0.293 e. The number of hydrogen-bond acceptors (Lipinski definition) is 5. The average Bonchev–Trinajstić information content (AvgIpc) is 3.28. The van der Waals surface area contributed by atoms with Crippen molar-refractivity contribution in [2.75, 3.05) is 23.3 Å². The van der Waals surface area contributed by atoms with Gasteiger partial charge in [0.25, 0.3) is 15.9 Å². The molecule has 3 aromatic rings. The summed E-state index contributed by atoms with van der Waals surface area (Å²) in [5.41, 5.74) is 3.48. The summed E-state index contributed by atoms with van der Waals surface area (Å²) < 4.78 is 39.3. The second-order valence-corrected chi connectivity index (χ2v) is 9.22. The van der Waals surface area contributed by atoms with Crippen molar-refractivity contribution in [3.63, 3.8) is 0 Å². The molecule has 1 aliphatic rings. The van der Waals surface area contributed by atoms with Crippen LogP contribution in [0, 0.1) is 13.8 Å². The number of carbonyl (C=O) groups is 1. The number of fused-ring (bicyclic) bond motifs is 1. The lowest BCUT2D eigenvalue weighted by Crippen LogP contribution is -2.35. The number of carbonyl (C=O) groups excluding carboxylic acids is 1. The van der Waals surface area contributed by atoms with E-state index in [4.69, 9.17) is 9.15 Å². The molecule has 0 atom stereocenters. The van der Waals surface area contributed by atoms with E-state index in [9.17, 15) is 13.2 Å². The second kappa shape index (κ2) is 8.11. The van der Waals surface area contributed by atoms with Crippen LogP contribution in [0.15, 0.2) is 58.0 Å². The van der Waals surface area contributed by atoms with E-state index in [-0.39, 0.29) is 16.6 Å². The fourth-order valence-electron chi connectivity index (χ4n) is 3.89. The third-order valence-electron chi connectivity index (χ3n) is 5.41. The number of rotatable bonds is 5. The predicted octanol–water partition coefficient (Wildman–Crippen LogP) is 4.30. The second-order valence-electron chi connectivity index (χ2n) is 7.57. The number of anilines is 2. The minimum absolute atomic E-state index is 0.205. The van der Waals surface area contributed by atoms with Crippen LogP contribution < -0.4 is 14.4 Å². The van der Waals surface area contributed by atoms with E-state index in [1.807, 2.05) is 0 Å². The van der Waals surface area contributed by atoms with Gasteiger partial charge in [-0.2, -0.15) is 0 Å². The highest BCUT2D eigenvalue weighted by Crippen LogP contribution is 2.32. The molecular weight excluding hydrogens is 416 g/mol. The van der Waals surface area contributed by atoms with Crippen LogP contribution in [0.2, 0.25) is 0 Å². The van der Waals surface area contributed by atoms with Gasteiger partial charge in [-0.05, 0) is 85.8 Å². The number of nitrogens with one attached hydrogen (secondary N) is 1. The van der Waals surface area contributed by atoms with E-state index < -0.39 is 10.0 Å². The van der Waals surface area contributed by atoms with Crippen molar-refractivity contribution in [2.24, 2.45) is 0 Å². The van der Waals surface area contributed by atoms with Crippen LogP contribution in [0.1, 0.15) is 33.7 Å². The monoisotopic (exact) mass is 440 g/mol. The highest BCUT2D eigenvalue weighted by atomic mass is 32.2. The first kappa shape index (κ1) is 21.0. The molecule has 1 N–H and O–H groups in total. The van der Waals surface area contributed by atoms with Crippen molar-refractivity contribution < 1.29 is 22.4 Å². The molecule has 0 spiro atoms. The zero-order valence-corrected chi connectivity index (χ0v) is 18.5. The van der Waals surface area contributed by atoms with Gasteiger partial charge in [-0.1, -0.05) is 0 Å². The Balaban J connectivity index is 1.62. The third kappa shape index (κ3) is 4.03. The van der Waals surface area contributed by atoms with E-state index in [0.29, 0.717) is 23.5 Å². The van der Waals surface area contributed by atoms with Crippen molar-refractivity contribution in [1.82, 2.24) is 0 Å². The van der Waals surface area contributed by atoms with Gasteiger partial charge < -0.3 is 14.1 Å². The van der Waals surface area contributed by atoms with Crippen molar-refractivity contribution in [3.8, 4) is 5.75 Å². The molecule has 162 valence electrons. The summed E-state index contributed by atoms with van der Waals surface area (Å²) in [7, 11) is -2.23. The molecule has 0 unspecified atom stereocenters. The van der Waals surface area contributed by atoms with Gasteiger partial charge in [0.1, 0.15) is 5.75 Å². The van der Waals surface area contributed by atoms with Gasteiger partial charge in [-0.15, -0.1) is 0 Å². The highest BCUT2D eigenvalue weighted by molar-refractivity contribution is 7.92. The fourth-order valence-corrected chi connectivity index (χ4v) is 5.25. The Bertz CT molecular complexity index is 1230. The first-order valence-corrected chi connectivity index (χ1v) is 11.4. The molecule has 0 saturated heterocycles. The first-order valence-electron chi connectivity index (χ1n) is 9.96. The van der Waals surface area contributed by atoms with Crippen LogP contribution in [0.3, 0.4) is 0 Å². The fraction of sp³-hybridized carbons (Fsp3) is 0.261. The van der Waals surface area contributed by atoms with E-state index in [2.05, 4.69) is 4.72 Å². The molecule has 1 aromatic heterocycles. The average molecular weight is 441 g/mol. The van der Waals surface area contributed by atoms with Crippen molar-refractivity contribution in [3.05, 3.63) is 71.2 Å². The summed E-state index contributed by atoms with van der Waals surface area (Å²) in [6, 6.07) is 11.9. The normalized spacial score (nSPS) is 13.6. The van der Waals surface area contributed by atoms with Crippen LogP contribution >= 0.6 is 0 Å². The lowest BCUT2D eigenvalue weighted by molar-refractivity contribution is 0.0958. The van der Waals surface area contributed by atoms with Gasteiger partial charge in [-0.3, -0.25) is 9.52 Å². The largest absolute Gasteiger partial charge is 0.496 e. The smallest absolute Gasteiger partial charge is 0.293 e. The molecule has 0 bridgehead atoms. The number of aryl methyl sites for hydroxylation is 3. The number of hydrogen-bond donors (Lipinski definition) is 1. The first-order chi connectivity index (χ1) is 14.8. The van der Waals surface area contributed by atoms with Crippen molar-refractivity contribution in [1.29, 1.82) is 0 Å². The summed E-state index contributed by atoms with van der Waals surface area (Å²) in [6.07, 6.45) is 3.01. The molecule has 0 saturated carbocycles. The summed E-state index contributed by atoms with van der Waals surface area (Å²) in [6.45, 7) is 4.13. The number of benzene rings is 2. The molecule has 31 heavy (non-hydrogen) atoms. The van der Waals surface area contributed by atoms with Crippen LogP contribution in [0.4, 0.5) is 11.4 Å². The number of ether oxygens (including phenoxy) is 1. The number of furan rings is 1. The minimum atomic E-state index is -3.78. The molecule has 0 fully saturated rings. The van der Waals surface area contributed by atoms with Gasteiger partial charge in [0.15, 0.2) is 5.76 Å². The summed E-state index contributed by atoms with van der Waals surface area (Å²) >= 11 is 0. The summed E-state index contributed by atoms with van der Waals surface area (Å²) in [5.74, 6) is 0.720. The standard InChI is InChI=1S/C23H24N2O5S/c1-15-13-22(16(2)12-21(15)29-3)31(27,28)24-18-8-9-19-17(14-18)6-4-10-25(19)23(26)20-7-5-11-30-20/h5,7-9,11-14,24H,4,6,10H2,1-3H3. The molecule has 7 nitrogen and oxygen atoms in total. The lowest BCUT2D eigenvalue weighted by Gasteiger charge is -2.29. The van der Waals surface area contributed by atoms with E-state index in [1.165, 1.54) is 6.26 Å². The summed E-state index contributed by atoms with van der Waals surface area (Å²) in [4.78, 5) is 14.6. The Labute approximate surface area is 181 Å². The molecule has 1 aliphatic heterocycles. The number of amides is 1. The quantitative estimate of drug-likeness (QED) is 0.639. The molecule has 8 heteroatoms. The molecule has 4 rings (SSSR count). The number of sulfonamides is 1. The summed E-state index contributed by atoms with van der Waals surface area (Å²) in [5, 5.41) is 0. The van der Waals surface area contributed by atoms with Gasteiger partial charge in [0.05, 0.1) is 18.3 Å². The van der Waals surface area contributed by atoms with Crippen molar-refractivity contribution in [2.45, 2.75) is 31.6 Å². The zero-order chi connectivity index (χ0) is 22.2. The van der Waals surface area contributed by atoms with E-state index >= 15 is 0 Å². The third-order valence-corrected chi connectivity index (χ3v) is 6.93. The number of nitrogens with zero attached hydrogens (tertiary/aromatic N) is 1. The van der Waals surface area contributed by atoms with E-state index in [0.717, 1.165) is 29.7 Å². The van der Waals surface area contributed by atoms with Crippen molar-refractivity contribution >= 4 is 27.3 Å². The molecule has 0 aliphatic carbocycles. The molecule has 0 radical (unpaired) electrons. The van der Waals surface area contributed by atoms with Crippen LogP contribution in [0.25, 0.3) is 0 Å². The maximum atomic E-state index is 13.0. The SMILES string of the molecule is COc1cc(C)c(S(=O)(=O)Nc2ccc3c(c2)CCCN3C(=O)c2ccco2)cc1C. The van der Waals surface area contributed by atoms with Crippen LogP contribution in [-0.2, 0) is 16.4 Å². The lowest BCUT2D eigenvalue weighted by atomic mass is 10.0.